The van der Waals surface area contributed by atoms with E-state index in [0.717, 1.165) is 10.0 Å². The molecule has 108 valence electrons. The van der Waals surface area contributed by atoms with Gasteiger partial charge in [0.05, 0.1) is 11.3 Å². The molecule has 0 aliphatic rings. The Labute approximate surface area is 130 Å². The lowest BCUT2D eigenvalue weighted by Crippen LogP contribution is -1.99. The van der Waals surface area contributed by atoms with Crippen molar-refractivity contribution >= 4 is 33.8 Å². The number of halogens is 1. The van der Waals surface area contributed by atoms with Crippen molar-refractivity contribution in [1.29, 1.82) is 0 Å². The molecule has 0 unspecified atom stereocenters. The smallest absolute Gasteiger partial charge is 0.336 e. The number of carboxylic acid groups (broad SMARTS) is 1. The van der Waals surface area contributed by atoms with E-state index >= 15 is 0 Å². The van der Waals surface area contributed by atoms with Gasteiger partial charge in [-0.1, -0.05) is 22.0 Å². The number of aliphatic imine (C=N–C) groups is 1. The summed E-state index contributed by atoms with van der Waals surface area (Å²) in [6.45, 7) is 3.51. The van der Waals surface area contributed by atoms with E-state index in [1.54, 1.807) is 32.0 Å². The molecule has 0 aromatic heterocycles. The zero-order valence-corrected chi connectivity index (χ0v) is 13.2. The molecule has 0 spiro atoms. The van der Waals surface area contributed by atoms with E-state index in [0.29, 0.717) is 16.8 Å². The summed E-state index contributed by atoms with van der Waals surface area (Å²) < 4.78 is 0.843. The minimum atomic E-state index is -0.981. The highest BCUT2D eigenvalue weighted by Gasteiger charge is 2.09. The summed E-state index contributed by atoms with van der Waals surface area (Å²) in [5.41, 5.74) is 2.68. The lowest BCUT2D eigenvalue weighted by molar-refractivity contribution is 0.0696. The number of rotatable bonds is 3. The van der Waals surface area contributed by atoms with E-state index in [-0.39, 0.29) is 11.3 Å². The molecule has 0 bridgehead atoms. The van der Waals surface area contributed by atoms with E-state index in [9.17, 15) is 9.90 Å². The normalized spacial score (nSPS) is 11.0. The largest absolute Gasteiger partial charge is 0.507 e. The van der Waals surface area contributed by atoms with Gasteiger partial charge in [0.1, 0.15) is 5.75 Å². The van der Waals surface area contributed by atoms with Crippen molar-refractivity contribution in [3.8, 4) is 5.75 Å². The fourth-order valence-corrected chi connectivity index (χ4v) is 2.58. The number of carboxylic acids is 1. The lowest BCUT2D eigenvalue weighted by Gasteiger charge is -2.06. The van der Waals surface area contributed by atoms with Crippen LogP contribution in [0.3, 0.4) is 0 Å². The second kappa shape index (κ2) is 6.10. The summed E-state index contributed by atoms with van der Waals surface area (Å²) in [5.74, 6) is -0.820. The minimum absolute atomic E-state index is 0.161. The van der Waals surface area contributed by atoms with Crippen LogP contribution in [0.2, 0.25) is 0 Å². The Bertz CT molecular complexity index is 739. The Morgan fingerprint density at radius 2 is 2.00 bits per heavy atom. The summed E-state index contributed by atoms with van der Waals surface area (Å²) in [6, 6.07) is 8.48. The first-order valence-corrected chi connectivity index (χ1v) is 7.05. The summed E-state index contributed by atoms with van der Waals surface area (Å²) >= 11 is 3.37. The Balaban J connectivity index is 2.43. The predicted molar refractivity (Wildman–Crippen MR) is 85.9 cm³/mol. The monoisotopic (exact) mass is 347 g/mol. The van der Waals surface area contributed by atoms with Crippen LogP contribution in [0, 0.1) is 13.8 Å². The molecule has 0 atom stereocenters. The van der Waals surface area contributed by atoms with Crippen LogP contribution in [0.1, 0.15) is 27.0 Å². The molecule has 0 fully saturated rings. The average Bonchev–Trinajstić information content (AvgIpc) is 2.42. The van der Waals surface area contributed by atoms with E-state index in [1.165, 1.54) is 12.3 Å². The molecule has 2 rings (SSSR count). The Morgan fingerprint density at radius 1 is 1.29 bits per heavy atom. The molecule has 0 amide bonds. The standard InChI is InChI=1S/C16H14BrNO3/c1-9-6-12(17)7-11(15(9)19)8-18-14-5-3-4-13(10(14)2)16(20)21/h3-8,19H,1-2H3,(H,20,21). The molecule has 5 heteroatoms. The third-order valence-corrected chi connectivity index (χ3v) is 3.63. The van der Waals surface area contributed by atoms with Gasteiger partial charge in [0.2, 0.25) is 0 Å². The molecule has 0 saturated heterocycles. The summed E-state index contributed by atoms with van der Waals surface area (Å²) in [6.07, 6.45) is 1.53. The second-order valence-electron chi connectivity index (χ2n) is 4.67. The third kappa shape index (κ3) is 3.31. The molecule has 21 heavy (non-hydrogen) atoms. The van der Waals surface area contributed by atoms with Crippen LogP contribution in [-0.4, -0.2) is 22.4 Å². The first kappa shape index (κ1) is 15.3. The number of carbonyl (C=O) groups is 1. The van der Waals surface area contributed by atoms with Crippen molar-refractivity contribution < 1.29 is 15.0 Å². The van der Waals surface area contributed by atoms with Crippen LogP contribution in [0.5, 0.6) is 5.75 Å². The van der Waals surface area contributed by atoms with Crippen LogP contribution in [-0.2, 0) is 0 Å². The van der Waals surface area contributed by atoms with Crippen LogP contribution >= 0.6 is 15.9 Å². The maximum Gasteiger partial charge on any atom is 0.336 e. The van der Waals surface area contributed by atoms with Crippen molar-refractivity contribution in [2.75, 3.05) is 0 Å². The number of hydrogen-bond acceptors (Lipinski definition) is 3. The maximum atomic E-state index is 11.1. The number of nitrogens with zero attached hydrogens (tertiary/aromatic N) is 1. The van der Waals surface area contributed by atoms with Crippen LogP contribution in [0.4, 0.5) is 5.69 Å². The van der Waals surface area contributed by atoms with Crippen LogP contribution in [0.25, 0.3) is 0 Å². The van der Waals surface area contributed by atoms with Gasteiger partial charge < -0.3 is 10.2 Å². The van der Waals surface area contributed by atoms with Gasteiger partial charge in [-0.2, -0.15) is 0 Å². The Hall–Kier alpha value is -2.14. The Morgan fingerprint density at radius 3 is 2.67 bits per heavy atom. The van der Waals surface area contributed by atoms with Gasteiger partial charge in [-0.3, -0.25) is 4.99 Å². The molecule has 2 aromatic carbocycles. The highest BCUT2D eigenvalue weighted by molar-refractivity contribution is 9.10. The topological polar surface area (TPSA) is 69.9 Å². The Kier molecular flexibility index (Phi) is 4.43. The summed E-state index contributed by atoms with van der Waals surface area (Å²) in [5, 5.41) is 19.1. The SMILES string of the molecule is Cc1cc(Br)cc(C=Nc2cccc(C(=O)O)c2C)c1O. The van der Waals surface area contributed by atoms with Gasteiger partial charge in [-0.05, 0) is 49.2 Å². The number of aryl methyl sites for hydroxylation is 1. The van der Waals surface area contributed by atoms with E-state index in [2.05, 4.69) is 20.9 Å². The molecular formula is C16H14BrNO3. The molecular weight excluding hydrogens is 334 g/mol. The first-order chi connectivity index (χ1) is 9.90. The zero-order chi connectivity index (χ0) is 15.6. The van der Waals surface area contributed by atoms with Gasteiger partial charge in [-0.25, -0.2) is 4.79 Å². The van der Waals surface area contributed by atoms with Crippen molar-refractivity contribution in [1.82, 2.24) is 0 Å². The quantitative estimate of drug-likeness (QED) is 0.816. The molecule has 0 aliphatic heterocycles. The van der Waals surface area contributed by atoms with E-state index in [4.69, 9.17) is 5.11 Å². The number of phenolic OH excluding ortho intramolecular Hbond substituents is 1. The summed E-state index contributed by atoms with van der Waals surface area (Å²) in [7, 11) is 0. The average molecular weight is 348 g/mol. The van der Waals surface area contributed by atoms with Crippen molar-refractivity contribution in [2.24, 2.45) is 4.99 Å². The number of hydrogen-bond donors (Lipinski definition) is 2. The molecule has 0 aliphatic carbocycles. The number of phenols is 1. The summed E-state index contributed by atoms with van der Waals surface area (Å²) in [4.78, 5) is 15.4. The highest BCUT2D eigenvalue weighted by atomic mass is 79.9. The minimum Gasteiger partial charge on any atom is -0.507 e. The molecule has 2 aromatic rings. The fourth-order valence-electron chi connectivity index (χ4n) is 1.99. The maximum absolute atomic E-state index is 11.1. The second-order valence-corrected chi connectivity index (χ2v) is 5.59. The van der Waals surface area contributed by atoms with Gasteiger partial charge >= 0.3 is 5.97 Å². The fraction of sp³-hybridized carbons (Fsp3) is 0.125. The molecule has 0 radical (unpaired) electrons. The molecule has 0 heterocycles. The number of aromatic carboxylic acids is 1. The lowest BCUT2D eigenvalue weighted by atomic mass is 10.1. The van der Waals surface area contributed by atoms with Crippen molar-refractivity contribution in [3.05, 3.63) is 57.1 Å². The van der Waals surface area contributed by atoms with E-state index < -0.39 is 5.97 Å². The van der Waals surface area contributed by atoms with Gasteiger partial charge in [0, 0.05) is 16.3 Å². The molecule has 2 N–H and O–H groups in total. The number of aromatic hydroxyl groups is 1. The molecule has 4 nitrogen and oxygen atoms in total. The first-order valence-electron chi connectivity index (χ1n) is 6.26. The highest BCUT2D eigenvalue weighted by Crippen LogP contribution is 2.27. The van der Waals surface area contributed by atoms with Crippen LogP contribution < -0.4 is 0 Å². The predicted octanol–water partition coefficient (Wildman–Crippen LogP) is 4.22. The third-order valence-electron chi connectivity index (χ3n) is 3.17. The van der Waals surface area contributed by atoms with E-state index in [1.807, 2.05) is 6.07 Å². The van der Waals surface area contributed by atoms with Gasteiger partial charge in [0.25, 0.3) is 0 Å². The van der Waals surface area contributed by atoms with Gasteiger partial charge in [-0.15, -0.1) is 0 Å². The number of benzene rings is 2. The van der Waals surface area contributed by atoms with Crippen molar-refractivity contribution in [2.45, 2.75) is 13.8 Å². The molecule has 0 saturated carbocycles. The van der Waals surface area contributed by atoms with Crippen molar-refractivity contribution in [3.63, 3.8) is 0 Å². The van der Waals surface area contributed by atoms with Crippen LogP contribution in [0.15, 0.2) is 39.8 Å². The zero-order valence-electron chi connectivity index (χ0n) is 11.6. The van der Waals surface area contributed by atoms with Gasteiger partial charge in [0.15, 0.2) is 0 Å².